The molecule has 3 aromatic rings. The molecule has 39 heavy (non-hydrogen) atoms. The van der Waals surface area contributed by atoms with Crippen molar-refractivity contribution in [2.75, 3.05) is 13.2 Å². The highest BCUT2D eigenvalue weighted by Gasteiger charge is 2.25. The number of nitrogens with one attached hydrogen (secondary N) is 2. The summed E-state index contributed by atoms with van der Waals surface area (Å²) in [6.07, 6.45) is 0.810. The standard InChI is InChI=1S/C29H31Cl2N3O5/c1-4-37-26-13-11-21(16-27(26)38-5-2)18-32-34-29(36)24(15-20-9-7-6-8-10-20)33-28(35)19(3)39-25-14-12-22(30)17-23(25)31/h6-14,16-19,24H,4-5,15H2,1-3H3,(H,33,35)(H,34,36)/b32-18-/t19-,24-/m1/s1. The van der Waals surface area contributed by atoms with E-state index in [1.54, 1.807) is 37.3 Å². The summed E-state index contributed by atoms with van der Waals surface area (Å²) in [6, 6.07) is 18.5. The van der Waals surface area contributed by atoms with Gasteiger partial charge >= 0.3 is 0 Å². The number of carbonyl (C=O) groups excluding carboxylic acids is 2. The van der Waals surface area contributed by atoms with Gasteiger partial charge in [-0.2, -0.15) is 5.10 Å². The fraction of sp³-hybridized carbons (Fsp3) is 0.276. The van der Waals surface area contributed by atoms with Gasteiger partial charge in [-0.25, -0.2) is 5.43 Å². The van der Waals surface area contributed by atoms with E-state index in [1.165, 1.54) is 12.3 Å². The number of carbonyl (C=O) groups is 2. The van der Waals surface area contributed by atoms with Crippen LogP contribution in [0.15, 0.2) is 71.8 Å². The maximum atomic E-state index is 13.1. The van der Waals surface area contributed by atoms with Crippen molar-refractivity contribution in [1.29, 1.82) is 0 Å². The number of benzene rings is 3. The van der Waals surface area contributed by atoms with E-state index in [-0.39, 0.29) is 11.4 Å². The van der Waals surface area contributed by atoms with Gasteiger partial charge in [0.1, 0.15) is 11.8 Å². The summed E-state index contributed by atoms with van der Waals surface area (Å²) in [5.41, 5.74) is 4.09. The summed E-state index contributed by atoms with van der Waals surface area (Å²) < 4.78 is 16.9. The molecule has 3 aromatic carbocycles. The van der Waals surface area contributed by atoms with Crippen molar-refractivity contribution in [2.45, 2.75) is 39.3 Å². The second-order valence-corrected chi connectivity index (χ2v) is 9.24. The topological polar surface area (TPSA) is 98.2 Å². The van der Waals surface area contributed by atoms with E-state index in [4.69, 9.17) is 37.4 Å². The Labute approximate surface area is 238 Å². The molecule has 0 heterocycles. The molecule has 0 aromatic heterocycles. The van der Waals surface area contributed by atoms with E-state index in [2.05, 4.69) is 15.8 Å². The Bertz CT molecular complexity index is 1290. The molecule has 0 unspecified atom stereocenters. The van der Waals surface area contributed by atoms with Crippen LogP contribution in [0.4, 0.5) is 0 Å². The van der Waals surface area contributed by atoms with Gasteiger partial charge in [0.2, 0.25) is 0 Å². The maximum Gasteiger partial charge on any atom is 0.262 e. The van der Waals surface area contributed by atoms with Crippen LogP contribution in [0.1, 0.15) is 31.9 Å². The van der Waals surface area contributed by atoms with Crippen LogP contribution in [0.3, 0.4) is 0 Å². The highest BCUT2D eigenvalue weighted by molar-refractivity contribution is 6.35. The summed E-state index contributed by atoms with van der Waals surface area (Å²) in [4.78, 5) is 26.1. The van der Waals surface area contributed by atoms with Crippen molar-refractivity contribution < 1.29 is 23.8 Å². The van der Waals surface area contributed by atoms with Crippen LogP contribution < -0.4 is 25.0 Å². The number of hydrazone groups is 1. The maximum absolute atomic E-state index is 13.1. The highest BCUT2D eigenvalue weighted by Crippen LogP contribution is 2.29. The minimum Gasteiger partial charge on any atom is -0.490 e. The van der Waals surface area contributed by atoms with E-state index in [0.717, 1.165) is 5.56 Å². The van der Waals surface area contributed by atoms with E-state index in [1.807, 2.05) is 44.2 Å². The van der Waals surface area contributed by atoms with E-state index in [9.17, 15) is 9.59 Å². The third-order valence-corrected chi connectivity index (χ3v) is 5.97. The summed E-state index contributed by atoms with van der Waals surface area (Å²) in [6.45, 7) is 6.33. The number of halogens is 2. The van der Waals surface area contributed by atoms with Crippen molar-refractivity contribution in [2.24, 2.45) is 5.10 Å². The molecule has 0 aliphatic carbocycles. The Morgan fingerprint density at radius 1 is 0.897 bits per heavy atom. The zero-order chi connectivity index (χ0) is 28.2. The monoisotopic (exact) mass is 571 g/mol. The number of ether oxygens (including phenoxy) is 3. The molecule has 8 nitrogen and oxygen atoms in total. The van der Waals surface area contributed by atoms with Crippen LogP contribution in [0.5, 0.6) is 17.2 Å². The first-order valence-corrected chi connectivity index (χ1v) is 13.2. The quantitative estimate of drug-likeness (QED) is 0.210. The second-order valence-electron chi connectivity index (χ2n) is 8.39. The molecule has 0 aliphatic rings. The molecule has 0 saturated carbocycles. The van der Waals surface area contributed by atoms with Crippen LogP contribution in [-0.2, 0) is 16.0 Å². The summed E-state index contributed by atoms with van der Waals surface area (Å²) in [5, 5.41) is 7.57. The predicted molar refractivity (Wildman–Crippen MR) is 153 cm³/mol. The van der Waals surface area contributed by atoms with Crippen LogP contribution in [0, 0.1) is 0 Å². The van der Waals surface area contributed by atoms with Crippen molar-refractivity contribution >= 4 is 41.2 Å². The number of amides is 2. The Hall–Kier alpha value is -3.75. The first kappa shape index (κ1) is 29.8. The van der Waals surface area contributed by atoms with Gasteiger partial charge in [0.25, 0.3) is 11.8 Å². The lowest BCUT2D eigenvalue weighted by molar-refractivity contribution is -0.132. The number of nitrogens with zero attached hydrogens (tertiary/aromatic N) is 1. The number of hydrogen-bond donors (Lipinski definition) is 2. The van der Waals surface area contributed by atoms with Crippen molar-refractivity contribution in [1.82, 2.24) is 10.7 Å². The Morgan fingerprint density at radius 2 is 1.59 bits per heavy atom. The minimum atomic E-state index is -0.931. The predicted octanol–water partition coefficient (Wildman–Crippen LogP) is 5.44. The van der Waals surface area contributed by atoms with Crippen LogP contribution in [-0.4, -0.2) is 43.4 Å². The Kier molecular flexibility index (Phi) is 11.5. The summed E-state index contributed by atoms with van der Waals surface area (Å²) in [5.74, 6) is 0.533. The molecule has 10 heteroatoms. The zero-order valence-corrected chi connectivity index (χ0v) is 23.5. The molecule has 2 N–H and O–H groups in total. The molecule has 0 aliphatic heterocycles. The summed E-state index contributed by atoms with van der Waals surface area (Å²) >= 11 is 12.1. The van der Waals surface area contributed by atoms with Crippen molar-refractivity contribution in [3.63, 3.8) is 0 Å². The van der Waals surface area contributed by atoms with Crippen LogP contribution in [0.2, 0.25) is 10.0 Å². The Balaban J connectivity index is 1.70. The average molecular weight is 572 g/mol. The molecule has 2 amide bonds. The van der Waals surface area contributed by atoms with Gasteiger partial charge in [-0.15, -0.1) is 0 Å². The molecular weight excluding hydrogens is 541 g/mol. The first-order valence-electron chi connectivity index (χ1n) is 12.5. The Morgan fingerprint density at radius 3 is 2.28 bits per heavy atom. The van der Waals surface area contributed by atoms with Gasteiger partial charge in [-0.1, -0.05) is 53.5 Å². The third-order valence-electron chi connectivity index (χ3n) is 5.44. The molecule has 3 rings (SSSR count). The van der Waals surface area contributed by atoms with E-state index in [0.29, 0.717) is 41.0 Å². The molecule has 0 saturated heterocycles. The molecule has 0 fully saturated rings. The summed E-state index contributed by atoms with van der Waals surface area (Å²) in [7, 11) is 0. The minimum absolute atomic E-state index is 0.250. The largest absolute Gasteiger partial charge is 0.490 e. The number of rotatable bonds is 13. The van der Waals surface area contributed by atoms with Crippen LogP contribution in [0.25, 0.3) is 0 Å². The van der Waals surface area contributed by atoms with Crippen LogP contribution >= 0.6 is 23.2 Å². The highest BCUT2D eigenvalue weighted by atomic mass is 35.5. The van der Waals surface area contributed by atoms with Gasteiger partial charge in [0.05, 0.1) is 24.5 Å². The molecule has 2 atom stereocenters. The molecule has 0 spiro atoms. The smallest absolute Gasteiger partial charge is 0.262 e. The average Bonchev–Trinajstić information content (AvgIpc) is 2.92. The van der Waals surface area contributed by atoms with Gasteiger partial charge in [-0.3, -0.25) is 9.59 Å². The fourth-order valence-electron chi connectivity index (χ4n) is 3.56. The second kappa shape index (κ2) is 15.0. The van der Waals surface area contributed by atoms with Gasteiger partial charge < -0.3 is 19.5 Å². The lowest BCUT2D eigenvalue weighted by Crippen LogP contribution is -2.50. The fourth-order valence-corrected chi connectivity index (χ4v) is 4.01. The van der Waals surface area contributed by atoms with Gasteiger partial charge in [-0.05, 0) is 68.3 Å². The normalized spacial score (nSPS) is 12.4. The number of hydrogen-bond acceptors (Lipinski definition) is 6. The van der Waals surface area contributed by atoms with Gasteiger partial charge in [0.15, 0.2) is 17.6 Å². The third kappa shape index (κ3) is 9.19. The first-order chi connectivity index (χ1) is 18.8. The SMILES string of the molecule is CCOc1ccc(/C=N\NC(=O)[C@@H](Cc2ccccc2)NC(=O)[C@@H](C)Oc2ccc(Cl)cc2Cl)cc1OCC. The van der Waals surface area contributed by atoms with Crippen molar-refractivity contribution in [3.8, 4) is 17.2 Å². The lowest BCUT2D eigenvalue weighted by atomic mass is 10.1. The molecule has 206 valence electrons. The zero-order valence-electron chi connectivity index (χ0n) is 21.9. The lowest BCUT2D eigenvalue weighted by Gasteiger charge is -2.21. The van der Waals surface area contributed by atoms with E-state index >= 15 is 0 Å². The van der Waals surface area contributed by atoms with Crippen molar-refractivity contribution in [3.05, 3.63) is 87.9 Å². The molecule has 0 radical (unpaired) electrons. The molecule has 0 bridgehead atoms. The van der Waals surface area contributed by atoms with Gasteiger partial charge in [0, 0.05) is 11.4 Å². The molecular formula is C29H31Cl2N3O5. The van der Waals surface area contributed by atoms with E-state index < -0.39 is 24.0 Å².